The van der Waals surface area contributed by atoms with Gasteiger partial charge < -0.3 is 5.73 Å². The van der Waals surface area contributed by atoms with E-state index in [0.717, 1.165) is 16.7 Å². The molecule has 0 aliphatic rings. The zero-order valence-electron chi connectivity index (χ0n) is 8.42. The molecule has 0 aliphatic carbocycles. The van der Waals surface area contributed by atoms with E-state index in [-0.39, 0.29) is 17.1 Å². The number of rotatable bonds is 1. The molecule has 0 saturated heterocycles. The van der Waals surface area contributed by atoms with Gasteiger partial charge in [0, 0.05) is 6.20 Å². The van der Waals surface area contributed by atoms with Crippen molar-refractivity contribution in [2.45, 2.75) is 0 Å². The zero-order chi connectivity index (χ0) is 12.6. The van der Waals surface area contributed by atoms with Crippen molar-refractivity contribution >= 4 is 5.82 Å². The number of anilines is 1. The highest BCUT2D eigenvalue weighted by molar-refractivity contribution is 5.50. The maximum absolute atomic E-state index is 13.5. The molecule has 0 radical (unpaired) electrons. The molecule has 0 aliphatic heterocycles. The van der Waals surface area contributed by atoms with Gasteiger partial charge in [0.2, 0.25) is 0 Å². The van der Waals surface area contributed by atoms with E-state index in [1.165, 1.54) is 12.3 Å². The minimum Gasteiger partial charge on any atom is -0.385 e. The van der Waals surface area contributed by atoms with Crippen molar-refractivity contribution in [1.29, 1.82) is 5.26 Å². The third kappa shape index (κ3) is 1.72. The molecule has 0 spiro atoms. The van der Waals surface area contributed by atoms with E-state index in [2.05, 4.69) is 0 Å². The minimum atomic E-state index is -1.57. The van der Waals surface area contributed by atoms with Gasteiger partial charge in [0.15, 0.2) is 17.5 Å². The van der Waals surface area contributed by atoms with E-state index in [4.69, 9.17) is 11.0 Å². The second kappa shape index (κ2) is 3.87. The average molecular weight is 237 g/mol. The zero-order valence-corrected chi connectivity index (χ0v) is 8.42. The fraction of sp³-hybridized carbons (Fsp3) is 0. The predicted molar refractivity (Wildman–Crippen MR) is 54.8 cm³/mol. The van der Waals surface area contributed by atoms with Gasteiger partial charge in [-0.15, -0.1) is 0 Å². The SMILES string of the molecule is N#Cc1cc(N)n(-c2ccc(F)c(F)c2F)c1. The first kappa shape index (κ1) is 11.1. The topological polar surface area (TPSA) is 54.7 Å². The standard InChI is InChI=1S/C11H6F3N3/c12-7-1-2-8(11(14)10(7)13)17-5-6(4-15)3-9(17)16/h1-3,5H,16H2. The number of nitriles is 1. The summed E-state index contributed by atoms with van der Waals surface area (Å²) in [6, 6.07) is 4.96. The number of benzene rings is 1. The summed E-state index contributed by atoms with van der Waals surface area (Å²) in [5, 5.41) is 8.64. The van der Waals surface area contributed by atoms with Crippen molar-refractivity contribution in [3.8, 4) is 11.8 Å². The highest BCUT2D eigenvalue weighted by Crippen LogP contribution is 2.23. The molecule has 17 heavy (non-hydrogen) atoms. The van der Waals surface area contributed by atoms with Crippen LogP contribution in [0.15, 0.2) is 24.4 Å². The molecule has 0 unspecified atom stereocenters. The van der Waals surface area contributed by atoms with Gasteiger partial charge in [-0.05, 0) is 18.2 Å². The van der Waals surface area contributed by atoms with Gasteiger partial charge in [0.25, 0.3) is 0 Å². The second-order valence-electron chi connectivity index (χ2n) is 3.33. The number of halogens is 3. The lowest BCUT2D eigenvalue weighted by Gasteiger charge is -2.07. The number of nitrogens with zero attached hydrogens (tertiary/aromatic N) is 2. The Morgan fingerprint density at radius 1 is 1.18 bits per heavy atom. The molecule has 0 atom stereocenters. The molecule has 1 aromatic heterocycles. The largest absolute Gasteiger partial charge is 0.385 e. The number of aromatic nitrogens is 1. The maximum atomic E-state index is 13.5. The van der Waals surface area contributed by atoms with Crippen molar-refractivity contribution in [3.63, 3.8) is 0 Å². The molecular weight excluding hydrogens is 231 g/mol. The Morgan fingerprint density at radius 2 is 1.88 bits per heavy atom. The number of nitrogens with two attached hydrogens (primary N) is 1. The van der Waals surface area contributed by atoms with Gasteiger partial charge in [-0.2, -0.15) is 5.26 Å². The molecule has 2 rings (SSSR count). The molecule has 0 bridgehead atoms. The Bertz CT molecular complexity index is 626. The monoisotopic (exact) mass is 237 g/mol. The third-order valence-corrected chi connectivity index (χ3v) is 2.25. The van der Waals surface area contributed by atoms with Crippen molar-refractivity contribution < 1.29 is 13.2 Å². The van der Waals surface area contributed by atoms with Gasteiger partial charge in [0.05, 0.1) is 11.3 Å². The van der Waals surface area contributed by atoms with E-state index in [1.807, 2.05) is 6.07 Å². The molecule has 2 N–H and O–H groups in total. The summed E-state index contributed by atoms with van der Waals surface area (Å²) in [6.07, 6.45) is 1.24. The average Bonchev–Trinajstić information content (AvgIpc) is 2.68. The summed E-state index contributed by atoms with van der Waals surface area (Å²) in [5.74, 6) is -4.14. The Hall–Kier alpha value is -2.42. The number of hydrogen-bond donors (Lipinski definition) is 1. The number of nitrogen functional groups attached to an aromatic ring is 1. The van der Waals surface area contributed by atoms with E-state index in [0.29, 0.717) is 0 Å². The molecule has 1 heterocycles. The minimum absolute atomic E-state index is 0.0615. The molecule has 0 amide bonds. The van der Waals surface area contributed by atoms with E-state index in [9.17, 15) is 13.2 Å². The molecule has 2 aromatic rings. The Labute approximate surface area is 94.5 Å². The van der Waals surface area contributed by atoms with E-state index >= 15 is 0 Å². The highest BCUT2D eigenvalue weighted by Gasteiger charge is 2.16. The quantitative estimate of drug-likeness (QED) is 0.774. The van der Waals surface area contributed by atoms with Crippen LogP contribution in [0, 0.1) is 28.8 Å². The predicted octanol–water partition coefficient (Wildman–Crippen LogP) is 2.35. The van der Waals surface area contributed by atoms with Crippen molar-refractivity contribution in [2.24, 2.45) is 0 Å². The first-order valence-corrected chi connectivity index (χ1v) is 4.56. The van der Waals surface area contributed by atoms with Crippen LogP contribution >= 0.6 is 0 Å². The summed E-state index contributed by atoms with van der Waals surface area (Å²) in [4.78, 5) is 0. The highest BCUT2D eigenvalue weighted by atomic mass is 19.2. The van der Waals surface area contributed by atoms with Crippen LogP contribution in [0.5, 0.6) is 0 Å². The van der Waals surface area contributed by atoms with Crippen LogP contribution in [0.25, 0.3) is 5.69 Å². The summed E-state index contributed by atoms with van der Waals surface area (Å²) < 4.78 is 40.3. The first-order chi connectivity index (χ1) is 8.04. The van der Waals surface area contributed by atoms with Crippen molar-refractivity contribution in [2.75, 3.05) is 5.73 Å². The van der Waals surface area contributed by atoms with Crippen LogP contribution < -0.4 is 5.73 Å². The van der Waals surface area contributed by atoms with Crippen LogP contribution in [0.3, 0.4) is 0 Å². The normalized spacial score (nSPS) is 10.2. The Morgan fingerprint density at radius 3 is 2.47 bits per heavy atom. The van der Waals surface area contributed by atoms with Gasteiger partial charge in [-0.3, -0.25) is 4.57 Å². The molecule has 3 nitrogen and oxygen atoms in total. The number of hydrogen-bond acceptors (Lipinski definition) is 2. The molecule has 86 valence electrons. The first-order valence-electron chi connectivity index (χ1n) is 4.56. The Balaban J connectivity index is 2.65. The third-order valence-electron chi connectivity index (χ3n) is 2.25. The Kier molecular flexibility index (Phi) is 2.52. The van der Waals surface area contributed by atoms with E-state index < -0.39 is 17.5 Å². The lowest BCUT2D eigenvalue weighted by Crippen LogP contribution is -2.03. The molecule has 0 saturated carbocycles. The summed E-state index contributed by atoms with van der Waals surface area (Å²) in [7, 11) is 0. The van der Waals surface area contributed by atoms with Crippen molar-refractivity contribution in [3.05, 3.63) is 47.4 Å². The fourth-order valence-electron chi connectivity index (χ4n) is 1.45. The summed E-state index contributed by atoms with van der Waals surface area (Å²) in [5.41, 5.74) is 5.49. The molecule has 6 heteroatoms. The van der Waals surface area contributed by atoms with E-state index in [1.54, 1.807) is 0 Å². The molecule has 0 fully saturated rings. The van der Waals surface area contributed by atoms with Crippen LogP contribution in [0.1, 0.15) is 5.56 Å². The summed E-state index contributed by atoms with van der Waals surface area (Å²) >= 11 is 0. The summed E-state index contributed by atoms with van der Waals surface area (Å²) in [6.45, 7) is 0. The van der Waals surface area contributed by atoms with Crippen LogP contribution in [0.2, 0.25) is 0 Å². The lowest BCUT2D eigenvalue weighted by molar-refractivity contribution is 0.445. The van der Waals surface area contributed by atoms with Gasteiger partial charge >= 0.3 is 0 Å². The van der Waals surface area contributed by atoms with Crippen LogP contribution in [-0.2, 0) is 0 Å². The molecular formula is C11H6F3N3. The molecule has 1 aromatic carbocycles. The fourth-order valence-corrected chi connectivity index (χ4v) is 1.45. The van der Waals surface area contributed by atoms with Crippen molar-refractivity contribution in [1.82, 2.24) is 4.57 Å². The lowest BCUT2D eigenvalue weighted by atomic mass is 10.3. The van der Waals surface area contributed by atoms with Gasteiger partial charge in [-0.25, -0.2) is 13.2 Å². The van der Waals surface area contributed by atoms with Crippen LogP contribution in [0.4, 0.5) is 19.0 Å². The van der Waals surface area contributed by atoms with Gasteiger partial charge in [-0.1, -0.05) is 0 Å². The van der Waals surface area contributed by atoms with Crippen LogP contribution in [-0.4, -0.2) is 4.57 Å². The maximum Gasteiger partial charge on any atom is 0.196 e. The van der Waals surface area contributed by atoms with Gasteiger partial charge in [0.1, 0.15) is 11.9 Å². The second-order valence-corrected chi connectivity index (χ2v) is 3.33. The smallest absolute Gasteiger partial charge is 0.196 e.